The smallest absolute Gasteiger partial charge is 0.276 e. The monoisotopic (exact) mass is 380 g/mol. The molecule has 0 radical (unpaired) electrons. The van der Waals surface area contributed by atoms with Crippen molar-refractivity contribution >= 4 is 50.7 Å². The molecular formula is C13H9BrN4OS2. The van der Waals surface area contributed by atoms with Crippen molar-refractivity contribution in [3.05, 3.63) is 50.1 Å². The second-order valence-electron chi connectivity index (χ2n) is 3.99. The lowest BCUT2D eigenvalue weighted by atomic mass is 10.3. The van der Waals surface area contributed by atoms with Gasteiger partial charge in [0.05, 0.1) is 20.6 Å². The van der Waals surface area contributed by atoms with Crippen LogP contribution in [0.3, 0.4) is 0 Å². The molecule has 0 aliphatic carbocycles. The number of hydrazone groups is 1. The largest absolute Gasteiger partial charge is 0.291 e. The van der Waals surface area contributed by atoms with E-state index >= 15 is 0 Å². The Kier molecular flexibility index (Phi) is 4.28. The maximum Gasteiger partial charge on any atom is 0.291 e. The number of amides is 1. The van der Waals surface area contributed by atoms with Gasteiger partial charge in [0.15, 0.2) is 5.69 Å². The number of thiophene rings is 2. The van der Waals surface area contributed by atoms with Gasteiger partial charge in [0.2, 0.25) is 0 Å². The molecule has 1 amide bonds. The Labute approximate surface area is 136 Å². The summed E-state index contributed by atoms with van der Waals surface area (Å²) in [5.41, 5.74) is 3.56. The second kappa shape index (κ2) is 6.33. The van der Waals surface area contributed by atoms with Gasteiger partial charge in [-0.05, 0) is 45.6 Å². The Morgan fingerprint density at radius 3 is 3.05 bits per heavy atom. The minimum absolute atomic E-state index is 0.304. The highest BCUT2D eigenvalue weighted by Crippen LogP contribution is 2.30. The summed E-state index contributed by atoms with van der Waals surface area (Å²) in [5.74, 6) is -0.346. The maximum atomic E-state index is 11.9. The maximum absolute atomic E-state index is 11.9. The molecule has 3 rings (SSSR count). The number of hydrogen-bond donors (Lipinski definition) is 2. The highest BCUT2D eigenvalue weighted by Gasteiger charge is 2.11. The van der Waals surface area contributed by atoms with Crippen molar-refractivity contribution in [2.45, 2.75) is 0 Å². The normalized spacial score (nSPS) is 11.1. The van der Waals surface area contributed by atoms with E-state index in [0.29, 0.717) is 5.69 Å². The summed E-state index contributed by atoms with van der Waals surface area (Å²) >= 11 is 6.52. The van der Waals surface area contributed by atoms with E-state index in [4.69, 9.17) is 0 Å². The number of nitrogens with zero attached hydrogens (tertiary/aromatic N) is 2. The first-order valence-electron chi connectivity index (χ1n) is 5.90. The van der Waals surface area contributed by atoms with Crippen LogP contribution in [-0.2, 0) is 0 Å². The Balaban J connectivity index is 1.67. The predicted molar refractivity (Wildman–Crippen MR) is 89.0 cm³/mol. The molecule has 0 bridgehead atoms. The summed E-state index contributed by atoms with van der Waals surface area (Å²) in [6, 6.07) is 9.45. The van der Waals surface area contributed by atoms with Crippen LogP contribution in [0.15, 0.2) is 44.6 Å². The highest BCUT2D eigenvalue weighted by atomic mass is 79.9. The molecule has 106 valence electrons. The lowest BCUT2D eigenvalue weighted by Gasteiger charge is -1.93. The van der Waals surface area contributed by atoms with Crippen LogP contribution in [0.4, 0.5) is 0 Å². The van der Waals surface area contributed by atoms with Crippen molar-refractivity contribution in [1.82, 2.24) is 15.6 Å². The molecule has 8 heteroatoms. The van der Waals surface area contributed by atoms with Crippen molar-refractivity contribution in [2.24, 2.45) is 5.10 Å². The van der Waals surface area contributed by atoms with Gasteiger partial charge in [-0.25, -0.2) is 5.43 Å². The molecule has 3 heterocycles. The average molecular weight is 381 g/mol. The summed E-state index contributed by atoms with van der Waals surface area (Å²) in [7, 11) is 0. The molecule has 3 aromatic rings. The molecule has 0 aliphatic rings. The van der Waals surface area contributed by atoms with Gasteiger partial charge in [0.1, 0.15) is 0 Å². The molecular weight excluding hydrogens is 372 g/mol. The lowest BCUT2D eigenvalue weighted by Crippen LogP contribution is -2.17. The zero-order chi connectivity index (χ0) is 14.7. The third-order valence-electron chi connectivity index (χ3n) is 2.55. The van der Waals surface area contributed by atoms with Crippen LogP contribution in [0.25, 0.3) is 10.6 Å². The average Bonchev–Trinajstić information content (AvgIpc) is 3.19. The van der Waals surface area contributed by atoms with Gasteiger partial charge in [-0.15, -0.1) is 22.7 Å². The van der Waals surface area contributed by atoms with Gasteiger partial charge < -0.3 is 0 Å². The van der Waals surface area contributed by atoms with Gasteiger partial charge >= 0.3 is 0 Å². The summed E-state index contributed by atoms with van der Waals surface area (Å²) in [6.07, 6.45) is 1.60. The van der Waals surface area contributed by atoms with Crippen LogP contribution >= 0.6 is 38.6 Å². The molecule has 0 atom stereocenters. The van der Waals surface area contributed by atoms with Gasteiger partial charge in [-0.2, -0.15) is 10.2 Å². The summed E-state index contributed by atoms with van der Waals surface area (Å²) in [6.45, 7) is 0. The minimum atomic E-state index is -0.346. The van der Waals surface area contributed by atoms with E-state index < -0.39 is 0 Å². The second-order valence-corrected chi connectivity index (χ2v) is 7.43. The van der Waals surface area contributed by atoms with Crippen LogP contribution < -0.4 is 5.43 Å². The quantitative estimate of drug-likeness (QED) is 0.534. The molecule has 2 N–H and O–H groups in total. The number of carbonyl (C=O) groups is 1. The Bertz CT molecular complexity index is 776. The van der Waals surface area contributed by atoms with Crippen LogP contribution in [0, 0.1) is 0 Å². The molecule has 5 nitrogen and oxygen atoms in total. The number of hydrogen-bond acceptors (Lipinski definition) is 5. The third kappa shape index (κ3) is 3.46. The van der Waals surface area contributed by atoms with Crippen LogP contribution in [0.2, 0.25) is 0 Å². The lowest BCUT2D eigenvalue weighted by molar-refractivity contribution is 0.0950. The van der Waals surface area contributed by atoms with Crippen molar-refractivity contribution in [3.63, 3.8) is 0 Å². The molecule has 21 heavy (non-hydrogen) atoms. The SMILES string of the molecule is O=C(N/N=C\c1cccs1)c1cc(-c2ccc(Br)s2)[nH]n1. The number of rotatable bonds is 4. The Morgan fingerprint density at radius 1 is 1.43 bits per heavy atom. The van der Waals surface area contributed by atoms with Gasteiger partial charge in [0.25, 0.3) is 5.91 Å². The van der Waals surface area contributed by atoms with Crippen molar-refractivity contribution in [1.29, 1.82) is 0 Å². The fraction of sp³-hybridized carbons (Fsp3) is 0. The van der Waals surface area contributed by atoms with E-state index in [9.17, 15) is 4.79 Å². The molecule has 0 saturated heterocycles. The van der Waals surface area contributed by atoms with Gasteiger partial charge in [-0.3, -0.25) is 9.89 Å². The Morgan fingerprint density at radius 2 is 2.33 bits per heavy atom. The van der Waals surface area contributed by atoms with E-state index in [1.807, 2.05) is 29.6 Å². The van der Waals surface area contributed by atoms with Crippen molar-refractivity contribution < 1.29 is 4.79 Å². The fourth-order valence-corrected chi connectivity index (χ4v) is 3.54. The number of nitrogens with one attached hydrogen (secondary N) is 2. The molecule has 0 unspecified atom stereocenters. The summed E-state index contributed by atoms with van der Waals surface area (Å²) in [4.78, 5) is 13.9. The van der Waals surface area contributed by atoms with Crippen molar-refractivity contribution in [2.75, 3.05) is 0 Å². The van der Waals surface area contributed by atoms with E-state index in [0.717, 1.165) is 19.2 Å². The first-order chi connectivity index (χ1) is 10.2. The molecule has 3 aromatic heterocycles. The molecule has 0 spiro atoms. The molecule has 0 aliphatic heterocycles. The standard InChI is InChI=1S/C13H9BrN4OS2/c14-12-4-3-11(21-12)9-6-10(17-16-9)13(19)18-15-7-8-2-1-5-20-8/h1-7H,(H,16,17)(H,18,19)/b15-7-. The molecule has 0 aromatic carbocycles. The zero-order valence-electron chi connectivity index (χ0n) is 10.5. The minimum Gasteiger partial charge on any atom is -0.276 e. The first kappa shape index (κ1) is 14.2. The molecule has 0 fully saturated rings. The summed E-state index contributed by atoms with van der Waals surface area (Å²) in [5, 5.41) is 12.7. The number of H-pyrrole nitrogens is 1. The topological polar surface area (TPSA) is 70.1 Å². The fourth-order valence-electron chi connectivity index (χ4n) is 1.60. The highest BCUT2D eigenvalue weighted by molar-refractivity contribution is 9.11. The first-order valence-corrected chi connectivity index (χ1v) is 8.39. The zero-order valence-corrected chi connectivity index (χ0v) is 13.8. The predicted octanol–water partition coefficient (Wildman–Crippen LogP) is 3.73. The van der Waals surface area contributed by atoms with Crippen LogP contribution in [0.1, 0.15) is 15.4 Å². The summed E-state index contributed by atoms with van der Waals surface area (Å²) < 4.78 is 1.03. The number of carbonyl (C=O) groups excluding carboxylic acids is 1. The number of halogens is 1. The molecule has 0 saturated carbocycles. The van der Waals surface area contributed by atoms with E-state index in [2.05, 4.69) is 36.7 Å². The van der Waals surface area contributed by atoms with Gasteiger partial charge in [0, 0.05) is 4.88 Å². The van der Waals surface area contributed by atoms with E-state index in [1.165, 1.54) is 0 Å². The Hall–Kier alpha value is -1.77. The van der Waals surface area contributed by atoms with Crippen molar-refractivity contribution in [3.8, 4) is 10.6 Å². The van der Waals surface area contributed by atoms with Gasteiger partial charge in [-0.1, -0.05) is 6.07 Å². The number of aromatic amines is 1. The third-order valence-corrected chi connectivity index (χ3v) is 5.01. The number of aromatic nitrogens is 2. The van der Waals surface area contributed by atoms with Crippen LogP contribution in [-0.4, -0.2) is 22.3 Å². The van der Waals surface area contributed by atoms with E-state index in [1.54, 1.807) is 35.0 Å². The van der Waals surface area contributed by atoms with Crippen LogP contribution in [0.5, 0.6) is 0 Å². The van der Waals surface area contributed by atoms with E-state index in [-0.39, 0.29) is 5.91 Å².